The molecule has 0 atom stereocenters. The van der Waals surface area contributed by atoms with Crippen LogP contribution >= 0.6 is 27.5 Å². The quantitative estimate of drug-likeness (QED) is 0.798. The number of hydrogen-bond acceptors (Lipinski definition) is 2. The second-order valence-corrected chi connectivity index (χ2v) is 7.96. The molecule has 6 heteroatoms. The van der Waals surface area contributed by atoms with Crippen LogP contribution in [0.25, 0.3) is 0 Å². The molecular weight excluding hydrogens is 374 g/mol. The van der Waals surface area contributed by atoms with E-state index in [9.17, 15) is 8.42 Å². The number of halogens is 2. The second-order valence-electron chi connectivity index (χ2n) is 4.95. The molecule has 0 amide bonds. The summed E-state index contributed by atoms with van der Waals surface area (Å²) in [5.74, 6) is 0.357. The predicted octanol–water partition coefficient (Wildman–Crippen LogP) is 5.03. The van der Waals surface area contributed by atoms with Gasteiger partial charge in [-0.2, -0.15) is 0 Å². The van der Waals surface area contributed by atoms with Gasteiger partial charge in [-0.05, 0) is 41.8 Å². The van der Waals surface area contributed by atoms with Crippen molar-refractivity contribution in [3.8, 4) is 0 Å². The van der Waals surface area contributed by atoms with Crippen LogP contribution in [-0.4, -0.2) is 8.42 Å². The van der Waals surface area contributed by atoms with Crippen LogP contribution < -0.4 is 4.72 Å². The zero-order valence-corrected chi connectivity index (χ0v) is 14.8. The van der Waals surface area contributed by atoms with E-state index in [2.05, 4.69) is 34.5 Å². The third kappa shape index (κ3) is 3.99. The summed E-state index contributed by atoms with van der Waals surface area (Å²) in [5, 5.41) is 0.340. The summed E-state index contributed by atoms with van der Waals surface area (Å²) in [7, 11) is -3.64. The van der Waals surface area contributed by atoms with E-state index in [4.69, 9.17) is 11.6 Å². The molecule has 112 valence electrons. The third-order valence-electron chi connectivity index (χ3n) is 3.03. The van der Waals surface area contributed by atoms with Crippen molar-refractivity contribution >= 4 is 43.2 Å². The summed E-state index contributed by atoms with van der Waals surface area (Å²) in [6.07, 6.45) is 0. The van der Waals surface area contributed by atoms with Gasteiger partial charge in [0.25, 0.3) is 10.0 Å². The maximum atomic E-state index is 12.3. The maximum absolute atomic E-state index is 12.3. The van der Waals surface area contributed by atoms with Gasteiger partial charge >= 0.3 is 0 Å². The molecule has 21 heavy (non-hydrogen) atoms. The van der Waals surface area contributed by atoms with Gasteiger partial charge in [0.1, 0.15) is 0 Å². The Morgan fingerprint density at radius 1 is 1.10 bits per heavy atom. The molecule has 3 nitrogen and oxygen atoms in total. The minimum Gasteiger partial charge on any atom is -0.278 e. The molecule has 2 rings (SSSR count). The normalized spacial score (nSPS) is 11.7. The summed E-state index contributed by atoms with van der Waals surface area (Å²) in [6.45, 7) is 4.12. The van der Waals surface area contributed by atoms with Crippen molar-refractivity contribution in [3.05, 3.63) is 57.5 Å². The van der Waals surface area contributed by atoms with Crippen molar-refractivity contribution < 1.29 is 8.42 Å². The molecule has 0 heterocycles. The van der Waals surface area contributed by atoms with Gasteiger partial charge in [-0.25, -0.2) is 8.42 Å². The molecule has 0 aliphatic heterocycles. The first kappa shape index (κ1) is 16.3. The molecule has 2 aromatic carbocycles. The maximum Gasteiger partial charge on any atom is 0.261 e. The van der Waals surface area contributed by atoms with E-state index >= 15 is 0 Å². The molecule has 0 unspecified atom stereocenters. The number of sulfonamides is 1. The topological polar surface area (TPSA) is 46.2 Å². The molecule has 0 aliphatic rings. The summed E-state index contributed by atoms with van der Waals surface area (Å²) in [5.41, 5.74) is 1.45. The number of rotatable bonds is 4. The lowest BCUT2D eigenvalue weighted by Gasteiger charge is -2.11. The highest BCUT2D eigenvalue weighted by Crippen LogP contribution is 2.28. The lowest BCUT2D eigenvalue weighted by atomic mass is 10.0. The van der Waals surface area contributed by atoms with E-state index in [0.717, 1.165) is 10.0 Å². The van der Waals surface area contributed by atoms with E-state index < -0.39 is 10.0 Å². The first-order chi connectivity index (χ1) is 9.79. The Balaban J connectivity index is 2.29. The summed E-state index contributed by atoms with van der Waals surface area (Å²) >= 11 is 9.31. The number of anilines is 1. The fraction of sp³-hybridized carbons (Fsp3) is 0.200. The Morgan fingerprint density at radius 2 is 1.71 bits per heavy atom. The van der Waals surface area contributed by atoms with Gasteiger partial charge < -0.3 is 0 Å². The zero-order valence-electron chi connectivity index (χ0n) is 11.6. The molecule has 0 spiro atoms. The van der Waals surface area contributed by atoms with Crippen molar-refractivity contribution in [3.63, 3.8) is 0 Å². The second kappa shape index (κ2) is 6.38. The minimum atomic E-state index is -3.64. The van der Waals surface area contributed by atoms with Gasteiger partial charge in [0.05, 0.1) is 15.6 Å². The molecule has 0 bridgehead atoms. The van der Waals surface area contributed by atoms with E-state index in [1.165, 1.54) is 0 Å². The Morgan fingerprint density at radius 3 is 2.24 bits per heavy atom. The van der Waals surface area contributed by atoms with Gasteiger partial charge in [-0.1, -0.05) is 53.5 Å². The zero-order chi connectivity index (χ0) is 15.6. The Kier molecular flexibility index (Phi) is 4.96. The van der Waals surface area contributed by atoms with Crippen LogP contribution in [-0.2, 0) is 10.0 Å². The van der Waals surface area contributed by atoms with Crippen molar-refractivity contribution in [1.29, 1.82) is 0 Å². The molecule has 0 radical (unpaired) electrons. The third-order valence-corrected chi connectivity index (χ3v) is 5.22. The Labute approximate surface area is 138 Å². The van der Waals surface area contributed by atoms with Gasteiger partial charge in [-0.3, -0.25) is 4.72 Å². The summed E-state index contributed by atoms with van der Waals surface area (Å²) < 4.78 is 28.0. The standard InChI is InChI=1S/C15H15BrClNO2S/c1-10(2)11-3-6-13(7-4-11)21(19,20)18-15-8-5-12(16)9-14(15)17/h3-10,18H,1-2H3. The van der Waals surface area contributed by atoms with Crippen molar-refractivity contribution in [1.82, 2.24) is 0 Å². The van der Waals surface area contributed by atoms with Crippen LogP contribution in [0, 0.1) is 0 Å². The monoisotopic (exact) mass is 387 g/mol. The lowest BCUT2D eigenvalue weighted by molar-refractivity contribution is 0.601. The number of benzene rings is 2. The smallest absolute Gasteiger partial charge is 0.261 e. The highest BCUT2D eigenvalue weighted by molar-refractivity contribution is 9.10. The van der Waals surface area contributed by atoms with E-state index in [-0.39, 0.29) is 4.90 Å². The van der Waals surface area contributed by atoms with E-state index in [0.29, 0.717) is 16.6 Å². The highest BCUT2D eigenvalue weighted by Gasteiger charge is 2.16. The summed E-state index contributed by atoms with van der Waals surface area (Å²) in [6, 6.07) is 11.8. The average molecular weight is 389 g/mol. The summed E-state index contributed by atoms with van der Waals surface area (Å²) in [4.78, 5) is 0.214. The lowest BCUT2D eigenvalue weighted by Crippen LogP contribution is -2.13. The molecule has 2 aromatic rings. The van der Waals surface area contributed by atoms with Gasteiger partial charge in [0.15, 0.2) is 0 Å². The van der Waals surface area contributed by atoms with Crippen molar-refractivity contribution in [2.24, 2.45) is 0 Å². The van der Waals surface area contributed by atoms with E-state index in [1.807, 2.05) is 12.1 Å². The Bertz CT molecular complexity index is 743. The molecular formula is C15H15BrClNO2S. The largest absolute Gasteiger partial charge is 0.278 e. The fourth-order valence-electron chi connectivity index (χ4n) is 1.81. The number of nitrogens with one attached hydrogen (secondary N) is 1. The first-order valence-corrected chi connectivity index (χ1v) is 9.03. The van der Waals surface area contributed by atoms with Crippen LogP contribution in [0.2, 0.25) is 5.02 Å². The molecule has 0 saturated heterocycles. The molecule has 1 N–H and O–H groups in total. The SMILES string of the molecule is CC(C)c1ccc(S(=O)(=O)Nc2ccc(Br)cc2Cl)cc1. The van der Waals surface area contributed by atoms with Crippen LogP contribution in [0.3, 0.4) is 0 Å². The first-order valence-electron chi connectivity index (χ1n) is 6.37. The Hall–Kier alpha value is -1.04. The van der Waals surface area contributed by atoms with Crippen LogP contribution in [0.1, 0.15) is 25.3 Å². The molecule has 0 aliphatic carbocycles. The minimum absolute atomic E-state index is 0.214. The fourth-order valence-corrected chi connectivity index (χ4v) is 3.66. The van der Waals surface area contributed by atoms with Gasteiger partial charge in [0, 0.05) is 4.47 Å². The molecule has 0 fully saturated rings. The van der Waals surface area contributed by atoms with Gasteiger partial charge in [-0.15, -0.1) is 0 Å². The van der Waals surface area contributed by atoms with Crippen molar-refractivity contribution in [2.45, 2.75) is 24.7 Å². The van der Waals surface area contributed by atoms with Crippen LogP contribution in [0.5, 0.6) is 0 Å². The predicted molar refractivity (Wildman–Crippen MR) is 90.5 cm³/mol. The van der Waals surface area contributed by atoms with Crippen molar-refractivity contribution in [2.75, 3.05) is 4.72 Å². The number of hydrogen-bond donors (Lipinski definition) is 1. The molecule has 0 aromatic heterocycles. The van der Waals surface area contributed by atoms with Crippen LogP contribution in [0.15, 0.2) is 51.8 Å². The average Bonchev–Trinajstić information content (AvgIpc) is 2.42. The van der Waals surface area contributed by atoms with Gasteiger partial charge in [0.2, 0.25) is 0 Å². The van der Waals surface area contributed by atoms with E-state index in [1.54, 1.807) is 30.3 Å². The van der Waals surface area contributed by atoms with Crippen LogP contribution in [0.4, 0.5) is 5.69 Å². The highest BCUT2D eigenvalue weighted by atomic mass is 79.9. The molecule has 0 saturated carbocycles.